The zero-order valence-electron chi connectivity index (χ0n) is 10.0. The van der Waals surface area contributed by atoms with Crippen LogP contribution in [0.2, 0.25) is 0 Å². The van der Waals surface area contributed by atoms with E-state index in [0.29, 0.717) is 0 Å². The summed E-state index contributed by atoms with van der Waals surface area (Å²) >= 11 is 0. The van der Waals surface area contributed by atoms with Gasteiger partial charge in [0.2, 0.25) is 0 Å². The molecule has 1 fully saturated rings. The van der Waals surface area contributed by atoms with Gasteiger partial charge in [0.05, 0.1) is 4.90 Å². The summed E-state index contributed by atoms with van der Waals surface area (Å²) in [6.45, 7) is 3.61. The molecule has 1 aliphatic heterocycles. The molecule has 100 valence electrons. The lowest BCUT2D eigenvalue weighted by molar-refractivity contribution is -0.171. The van der Waals surface area contributed by atoms with E-state index in [9.17, 15) is 13.2 Å². The Labute approximate surface area is 105 Å². The summed E-state index contributed by atoms with van der Waals surface area (Å²) in [5.41, 5.74) is 6.15. The number of benzene rings is 1. The first-order chi connectivity index (χ1) is 8.21. The first-order valence-corrected chi connectivity index (χ1v) is 6.66. The van der Waals surface area contributed by atoms with E-state index in [1.54, 1.807) is 19.1 Å². The lowest BCUT2D eigenvalue weighted by Gasteiger charge is -2.28. The van der Waals surface area contributed by atoms with Crippen LogP contribution in [0, 0.1) is 6.92 Å². The van der Waals surface area contributed by atoms with E-state index in [-0.39, 0.29) is 23.0 Å². The maximum Gasteiger partial charge on any atom is 0.327 e. The average Bonchev–Trinajstić information content (AvgIpc) is 2.29. The molecule has 2 atom stereocenters. The Morgan fingerprint density at radius 2 is 1.78 bits per heavy atom. The standard InChI is InChI=1S/C7H8O3S.C4H7NO2/c1-6-2-4-7(5-3-6)11(8,9)10;1-2-3(5)4(6)7-2/h2-5H,1H3,(H,8,9,10);2-3H,5H2,1H3. The lowest BCUT2D eigenvalue weighted by Crippen LogP contribution is -2.54. The van der Waals surface area contributed by atoms with Gasteiger partial charge in [0.1, 0.15) is 12.1 Å². The third kappa shape index (κ3) is 3.80. The predicted molar refractivity (Wildman–Crippen MR) is 64.5 cm³/mol. The molecule has 6 nitrogen and oxygen atoms in total. The molecule has 3 N–H and O–H groups in total. The van der Waals surface area contributed by atoms with Gasteiger partial charge in [0.25, 0.3) is 10.1 Å². The molecule has 1 aliphatic rings. The van der Waals surface area contributed by atoms with Crippen molar-refractivity contribution in [2.24, 2.45) is 5.73 Å². The minimum atomic E-state index is -4.02. The van der Waals surface area contributed by atoms with Crippen LogP contribution in [0.5, 0.6) is 0 Å². The van der Waals surface area contributed by atoms with Crippen molar-refractivity contribution >= 4 is 16.1 Å². The summed E-state index contributed by atoms with van der Waals surface area (Å²) in [6.07, 6.45) is -0.0625. The van der Waals surface area contributed by atoms with Crippen molar-refractivity contribution in [2.75, 3.05) is 0 Å². The van der Waals surface area contributed by atoms with E-state index in [0.717, 1.165) is 5.56 Å². The zero-order valence-corrected chi connectivity index (χ0v) is 10.8. The van der Waals surface area contributed by atoms with Crippen LogP contribution < -0.4 is 5.73 Å². The first kappa shape index (κ1) is 14.6. The van der Waals surface area contributed by atoms with Crippen LogP contribution in [-0.2, 0) is 19.6 Å². The fraction of sp³-hybridized carbons (Fsp3) is 0.364. The largest absolute Gasteiger partial charge is 0.459 e. The van der Waals surface area contributed by atoms with E-state index in [4.69, 9.17) is 10.3 Å². The molecular formula is C11H15NO5S. The fourth-order valence-electron chi connectivity index (χ4n) is 1.16. The van der Waals surface area contributed by atoms with Crippen molar-refractivity contribution in [3.05, 3.63) is 29.8 Å². The Bertz CT molecular complexity index is 523. The van der Waals surface area contributed by atoms with Crippen LogP contribution in [0.1, 0.15) is 12.5 Å². The topological polar surface area (TPSA) is 107 Å². The lowest BCUT2D eigenvalue weighted by atomic mass is 10.1. The number of ether oxygens (including phenoxy) is 1. The maximum absolute atomic E-state index is 10.5. The molecular weight excluding hydrogens is 258 g/mol. The van der Waals surface area contributed by atoms with Gasteiger partial charge in [0, 0.05) is 0 Å². The minimum Gasteiger partial charge on any atom is -0.459 e. The van der Waals surface area contributed by atoms with E-state index in [1.807, 2.05) is 6.92 Å². The molecule has 0 aliphatic carbocycles. The number of hydrogen-bond donors (Lipinski definition) is 2. The number of carbonyl (C=O) groups excluding carboxylic acids is 1. The van der Waals surface area contributed by atoms with E-state index in [2.05, 4.69) is 4.74 Å². The molecule has 1 aromatic carbocycles. The molecule has 0 saturated carbocycles. The molecule has 2 unspecified atom stereocenters. The molecule has 0 radical (unpaired) electrons. The zero-order chi connectivity index (χ0) is 13.9. The number of rotatable bonds is 1. The highest BCUT2D eigenvalue weighted by Crippen LogP contribution is 2.09. The summed E-state index contributed by atoms with van der Waals surface area (Å²) in [5, 5.41) is 0. The predicted octanol–water partition coefficient (Wildman–Crippen LogP) is 0.501. The highest BCUT2D eigenvalue weighted by Gasteiger charge is 2.35. The summed E-state index contributed by atoms with van der Waals surface area (Å²) in [5.74, 6) is -0.285. The Balaban J connectivity index is 0.000000199. The van der Waals surface area contributed by atoms with Crippen molar-refractivity contribution in [1.29, 1.82) is 0 Å². The molecule has 1 saturated heterocycles. The van der Waals surface area contributed by atoms with Crippen molar-refractivity contribution in [3.63, 3.8) is 0 Å². The van der Waals surface area contributed by atoms with Crippen LogP contribution >= 0.6 is 0 Å². The third-order valence-electron chi connectivity index (χ3n) is 2.40. The van der Waals surface area contributed by atoms with Crippen molar-refractivity contribution in [1.82, 2.24) is 0 Å². The fourth-order valence-corrected chi connectivity index (χ4v) is 1.64. The van der Waals surface area contributed by atoms with Crippen LogP contribution in [0.4, 0.5) is 0 Å². The first-order valence-electron chi connectivity index (χ1n) is 5.22. The molecule has 18 heavy (non-hydrogen) atoms. The second kappa shape index (κ2) is 5.47. The van der Waals surface area contributed by atoms with Gasteiger partial charge in [-0.15, -0.1) is 0 Å². The Hall–Kier alpha value is -1.44. The van der Waals surface area contributed by atoms with Gasteiger partial charge in [-0.05, 0) is 26.0 Å². The van der Waals surface area contributed by atoms with Gasteiger partial charge in [-0.2, -0.15) is 8.42 Å². The number of aryl methyl sites for hydroxylation is 1. The van der Waals surface area contributed by atoms with Crippen LogP contribution in [0.15, 0.2) is 29.2 Å². The Morgan fingerprint density at radius 3 is 2.00 bits per heavy atom. The number of esters is 1. The molecule has 0 spiro atoms. The van der Waals surface area contributed by atoms with E-state index < -0.39 is 10.1 Å². The maximum atomic E-state index is 10.5. The molecule has 2 rings (SSSR count). The van der Waals surface area contributed by atoms with E-state index >= 15 is 0 Å². The van der Waals surface area contributed by atoms with Crippen LogP contribution in [0.3, 0.4) is 0 Å². The van der Waals surface area contributed by atoms with Gasteiger partial charge in [-0.1, -0.05) is 17.7 Å². The molecule has 0 amide bonds. The number of hydrogen-bond acceptors (Lipinski definition) is 5. The normalized spacial score (nSPS) is 22.3. The van der Waals surface area contributed by atoms with Crippen molar-refractivity contribution in [2.45, 2.75) is 30.9 Å². The SMILES string of the molecule is CC1OC(=O)C1N.Cc1ccc(S(=O)(=O)O)cc1. The second-order valence-corrected chi connectivity index (χ2v) is 5.38. The van der Waals surface area contributed by atoms with E-state index in [1.165, 1.54) is 12.1 Å². The Morgan fingerprint density at radius 1 is 1.28 bits per heavy atom. The molecule has 1 heterocycles. The summed E-state index contributed by atoms with van der Waals surface area (Å²) in [4.78, 5) is 10.0. The van der Waals surface area contributed by atoms with Gasteiger partial charge in [-0.25, -0.2) is 0 Å². The second-order valence-electron chi connectivity index (χ2n) is 3.96. The number of nitrogens with two attached hydrogens (primary N) is 1. The quantitative estimate of drug-likeness (QED) is 0.570. The molecule has 0 aromatic heterocycles. The van der Waals surface area contributed by atoms with Gasteiger partial charge < -0.3 is 10.5 Å². The summed E-state index contributed by atoms with van der Waals surface area (Å²) in [7, 11) is -4.02. The van der Waals surface area contributed by atoms with Gasteiger partial charge in [-0.3, -0.25) is 9.35 Å². The summed E-state index contributed by atoms with van der Waals surface area (Å²) < 4.78 is 34.0. The number of carbonyl (C=O) groups is 1. The molecule has 1 aromatic rings. The smallest absolute Gasteiger partial charge is 0.327 e. The monoisotopic (exact) mass is 273 g/mol. The highest BCUT2D eigenvalue weighted by molar-refractivity contribution is 7.85. The van der Waals surface area contributed by atoms with Crippen LogP contribution in [0.25, 0.3) is 0 Å². The minimum absolute atomic E-state index is 0.0625. The Kier molecular flexibility index (Phi) is 4.44. The van der Waals surface area contributed by atoms with Crippen molar-refractivity contribution in [3.8, 4) is 0 Å². The highest BCUT2D eigenvalue weighted by atomic mass is 32.2. The number of cyclic esters (lactones) is 1. The molecule has 7 heteroatoms. The summed E-state index contributed by atoms with van der Waals surface area (Å²) in [6, 6.07) is 5.63. The van der Waals surface area contributed by atoms with Gasteiger partial charge in [0.15, 0.2) is 0 Å². The van der Waals surface area contributed by atoms with Gasteiger partial charge >= 0.3 is 5.97 Å². The third-order valence-corrected chi connectivity index (χ3v) is 3.27. The molecule has 0 bridgehead atoms. The van der Waals surface area contributed by atoms with Crippen molar-refractivity contribution < 1.29 is 22.5 Å². The van der Waals surface area contributed by atoms with Crippen LogP contribution in [-0.4, -0.2) is 31.1 Å². The average molecular weight is 273 g/mol.